The molecule has 0 aliphatic carbocycles. The quantitative estimate of drug-likeness (QED) is 0.551. The first-order valence-electron chi connectivity index (χ1n) is 2.73. The maximum atomic E-state index is 7.17. The van der Waals surface area contributed by atoms with Gasteiger partial charge in [-0.2, -0.15) is 0 Å². The van der Waals surface area contributed by atoms with Crippen molar-refractivity contribution in [2.45, 2.75) is 6.92 Å². The molecule has 0 spiro atoms. The summed E-state index contributed by atoms with van der Waals surface area (Å²) < 4.78 is 1.83. The predicted octanol–water partition coefficient (Wildman–Crippen LogP) is 0.808. The van der Waals surface area contributed by atoms with Crippen LogP contribution in [0.25, 0.3) is 0 Å². The lowest BCUT2D eigenvalue weighted by atomic mass is 10.3. The maximum Gasteiger partial charge on any atom is 0.101 e. The Bertz CT molecular complexity index is 224. The lowest BCUT2D eigenvalue weighted by Crippen LogP contribution is -1.90. The number of hydrogen-bond donors (Lipinski definition) is 1. The highest BCUT2D eigenvalue weighted by Crippen LogP contribution is 1.93. The highest BCUT2D eigenvalue weighted by molar-refractivity contribution is 5.94. The summed E-state index contributed by atoms with van der Waals surface area (Å²) in [6.07, 6.45) is 3.51. The fraction of sp³-hybridized carbons (Fsp3) is 0.333. The van der Waals surface area contributed by atoms with Gasteiger partial charge in [0.25, 0.3) is 0 Å². The van der Waals surface area contributed by atoms with Gasteiger partial charge in [0.1, 0.15) is 5.69 Å². The minimum atomic E-state index is 0.510. The standard InChI is InChI=1S/C6H9N3/c1-5(7)6-3-9(2)4-8-6/h3-4,7H,1-2H3. The Labute approximate surface area is 53.9 Å². The zero-order valence-corrected chi connectivity index (χ0v) is 5.55. The van der Waals surface area contributed by atoms with Gasteiger partial charge >= 0.3 is 0 Å². The van der Waals surface area contributed by atoms with Gasteiger partial charge in [0.05, 0.1) is 12.0 Å². The Morgan fingerprint density at radius 1 is 1.78 bits per heavy atom. The van der Waals surface area contributed by atoms with Crippen LogP contribution in [0.2, 0.25) is 0 Å². The summed E-state index contributed by atoms with van der Waals surface area (Å²) in [6.45, 7) is 1.72. The molecule has 1 N–H and O–H groups in total. The lowest BCUT2D eigenvalue weighted by molar-refractivity contribution is 0.913. The second-order valence-corrected chi connectivity index (χ2v) is 2.05. The third-order valence-electron chi connectivity index (χ3n) is 1.09. The smallest absolute Gasteiger partial charge is 0.101 e. The molecule has 1 heterocycles. The number of nitrogens with one attached hydrogen (secondary N) is 1. The largest absolute Gasteiger partial charge is 0.340 e. The first-order valence-corrected chi connectivity index (χ1v) is 2.73. The number of nitrogens with zero attached hydrogens (tertiary/aromatic N) is 2. The molecule has 9 heavy (non-hydrogen) atoms. The van der Waals surface area contributed by atoms with E-state index in [1.54, 1.807) is 13.3 Å². The maximum absolute atomic E-state index is 7.17. The van der Waals surface area contributed by atoms with Crippen LogP contribution < -0.4 is 0 Å². The Morgan fingerprint density at radius 2 is 2.44 bits per heavy atom. The van der Waals surface area contributed by atoms with Crippen molar-refractivity contribution in [3.8, 4) is 0 Å². The molecule has 1 aromatic heterocycles. The lowest BCUT2D eigenvalue weighted by Gasteiger charge is -1.85. The molecule has 0 radical (unpaired) electrons. The van der Waals surface area contributed by atoms with Crippen LogP contribution in [0.3, 0.4) is 0 Å². The summed E-state index contributed by atoms with van der Waals surface area (Å²) in [5.41, 5.74) is 1.26. The fourth-order valence-corrected chi connectivity index (χ4v) is 0.606. The topological polar surface area (TPSA) is 41.7 Å². The number of hydrogen-bond acceptors (Lipinski definition) is 2. The van der Waals surface area contributed by atoms with Crippen molar-refractivity contribution in [1.29, 1.82) is 5.41 Å². The molecule has 3 heteroatoms. The highest BCUT2D eigenvalue weighted by Gasteiger charge is 1.95. The number of rotatable bonds is 1. The van der Waals surface area contributed by atoms with E-state index < -0.39 is 0 Å². The monoisotopic (exact) mass is 123 g/mol. The molecule has 0 saturated carbocycles. The van der Waals surface area contributed by atoms with Gasteiger partial charge in [-0.25, -0.2) is 4.98 Å². The Kier molecular flexibility index (Phi) is 1.34. The molecular formula is C6H9N3. The minimum absolute atomic E-state index is 0.510. The number of imidazole rings is 1. The summed E-state index contributed by atoms with van der Waals surface area (Å²) >= 11 is 0. The van der Waals surface area contributed by atoms with Crippen molar-refractivity contribution < 1.29 is 0 Å². The molecule has 48 valence electrons. The molecule has 0 atom stereocenters. The first kappa shape index (κ1) is 6.01. The number of aromatic nitrogens is 2. The Morgan fingerprint density at radius 3 is 2.67 bits per heavy atom. The second kappa shape index (κ2) is 2.01. The van der Waals surface area contributed by atoms with Crippen LogP contribution in [0.4, 0.5) is 0 Å². The van der Waals surface area contributed by atoms with Gasteiger partial charge in [-0.1, -0.05) is 0 Å². The SMILES string of the molecule is CC(=N)c1cn(C)cn1. The van der Waals surface area contributed by atoms with Gasteiger partial charge in [-0.05, 0) is 6.92 Å². The van der Waals surface area contributed by atoms with Gasteiger partial charge < -0.3 is 9.98 Å². The molecule has 0 bridgehead atoms. The van der Waals surface area contributed by atoms with E-state index in [1.165, 1.54) is 0 Å². The third-order valence-corrected chi connectivity index (χ3v) is 1.09. The molecule has 0 aromatic carbocycles. The summed E-state index contributed by atoms with van der Waals surface area (Å²) in [6, 6.07) is 0. The zero-order valence-electron chi connectivity index (χ0n) is 5.55. The summed E-state index contributed by atoms with van der Waals surface area (Å²) in [4.78, 5) is 3.95. The highest BCUT2D eigenvalue weighted by atomic mass is 15.0. The van der Waals surface area contributed by atoms with Crippen molar-refractivity contribution in [3.63, 3.8) is 0 Å². The van der Waals surface area contributed by atoms with Gasteiger partial charge in [0.15, 0.2) is 0 Å². The normalized spacial score (nSPS) is 9.56. The predicted molar refractivity (Wildman–Crippen MR) is 35.7 cm³/mol. The van der Waals surface area contributed by atoms with Crippen LogP contribution in [0.1, 0.15) is 12.6 Å². The van der Waals surface area contributed by atoms with E-state index in [1.807, 2.05) is 17.8 Å². The van der Waals surface area contributed by atoms with E-state index in [0.29, 0.717) is 5.71 Å². The van der Waals surface area contributed by atoms with Gasteiger partial charge in [0.2, 0.25) is 0 Å². The van der Waals surface area contributed by atoms with Gasteiger partial charge in [-0.15, -0.1) is 0 Å². The average molecular weight is 123 g/mol. The Balaban J connectivity index is 2.98. The van der Waals surface area contributed by atoms with E-state index in [2.05, 4.69) is 4.98 Å². The average Bonchev–Trinajstić information content (AvgIpc) is 2.14. The van der Waals surface area contributed by atoms with E-state index in [0.717, 1.165) is 5.69 Å². The van der Waals surface area contributed by atoms with Crippen LogP contribution in [0.15, 0.2) is 12.5 Å². The fourth-order valence-electron chi connectivity index (χ4n) is 0.606. The molecule has 0 aliphatic heterocycles. The molecular weight excluding hydrogens is 114 g/mol. The second-order valence-electron chi connectivity index (χ2n) is 2.05. The van der Waals surface area contributed by atoms with Crippen molar-refractivity contribution in [3.05, 3.63) is 18.2 Å². The molecule has 1 rings (SSSR count). The van der Waals surface area contributed by atoms with Crippen LogP contribution in [-0.2, 0) is 7.05 Å². The Hall–Kier alpha value is -1.12. The number of aryl methyl sites for hydroxylation is 1. The molecule has 0 fully saturated rings. The zero-order chi connectivity index (χ0) is 6.85. The summed E-state index contributed by atoms with van der Waals surface area (Å²) in [5.74, 6) is 0. The molecule has 0 aliphatic rings. The molecule has 0 amide bonds. The first-order chi connectivity index (χ1) is 4.20. The van der Waals surface area contributed by atoms with E-state index in [4.69, 9.17) is 5.41 Å². The molecule has 0 unspecified atom stereocenters. The van der Waals surface area contributed by atoms with E-state index in [9.17, 15) is 0 Å². The van der Waals surface area contributed by atoms with Crippen LogP contribution in [0.5, 0.6) is 0 Å². The van der Waals surface area contributed by atoms with Crippen LogP contribution in [-0.4, -0.2) is 15.3 Å². The molecule has 1 aromatic rings. The summed E-state index contributed by atoms with van der Waals surface area (Å²) in [5, 5.41) is 7.17. The van der Waals surface area contributed by atoms with E-state index >= 15 is 0 Å². The third kappa shape index (κ3) is 1.16. The van der Waals surface area contributed by atoms with E-state index in [-0.39, 0.29) is 0 Å². The molecule has 0 saturated heterocycles. The van der Waals surface area contributed by atoms with Crippen molar-refractivity contribution in [2.24, 2.45) is 7.05 Å². The summed E-state index contributed by atoms with van der Waals surface area (Å²) in [7, 11) is 1.89. The van der Waals surface area contributed by atoms with Gasteiger partial charge in [0, 0.05) is 13.2 Å². The van der Waals surface area contributed by atoms with Crippen molar-refractivity contribution in [1.82, 2.24) is 9.55 Å². The van der Waals surface area contributed by atoms with Crippen LogP contribution in [0, 0.1) is 5.41 Å². The van der Waals surface area contributed by atoms with Gasteiger partial charge in [-0.3, -0.25) is 0 Å². The minimum Gasteiger partial charge on any atom is -0.340 e. The van der Waals surface area contributed by atoms with Crippen molar-refractivity contribution in [2.75, 3.05) is 0 Å². The molecule has 3 nitrogen and oxygen atoms in total. The van der Waals surface area contributed by atoms with Crippen LogP contribution >= 0.6 is 0 Å². The van der Waals surface area contributed by atoms with Crippen molar-refractivity contribution >= 4 is 5.71 Å².